The number of para-hydroxylation sites is 1. The molecule has 0 spiro atoms. The molecule has 0 saturated heterocycles. The molecule has 2 heterocycles. The minimum absolute atomic E-state index is 0.558. The van der Waals surface area contributed by atoms with Crippen molar-refractivity contribution in [2.75, 3.05) is 32.1 Å². The second-order valence-electron chi connectivity index (χ2n) is 6.38. The number of nitrogens with zero attached hydrogens (tertiary/aromatic N) is 2. The molecule has 1 aromatic heterocycles. The lowest BCUT2D eigenvalue weighted by atomic mass is 10.1. The molecule has 0 unspecified atom stereocenters. The molecule has 2 aromatic rings. The Balaban J connectivity index is 0.000000300. The second-order valence-corrected chi connectivity index (χ2v) is 7.33. The first-order valence-corrected chi connectivity index (χ1v) is 9.67. The summed E-state index contributed by atoms with van der Waals surface area (Å²) in [6.45, 7) is 2.17. The summed E-state index contributed by atoms with van der Waals surface area (Å²) >= 11 is 1.81. The molecule has 0 atom stereocenters. The van der Waals surface area contributed by atoms with Gasteiger partial charge in [-0.25, -0.2) is 9.59 Å². The van der Waals surface area contributed by atoms with Gasteiger partial charge in [-0.2, -0.15) is 0 Å². The van der Waals surface area contributed by atoms with Gasteiger partial charge in [-0.1, -0.05) is 24.3 Å². The van der Waals surface area contributed by atoms with Crippen molar-refractivity contribution >= 4 is 46.8 Å². The third kappa shape index (κ3) is 6.37. The summed E-state index contributed by atoms with van der Waals surface area (Å²) < 4.78 is 0. The molecule has 0 fully saturated rings. The zero-order valence-electron chi connectivity index (χ0n) is 15.9. The third-order valence-corrected chi connectivity index (χ3v) is 4.83. The van der Waals surface area contributed by atoms with Gasteiger partial charge >= 0.3 is 11.9 Å². The molecule has 2 N–H and O–H groups in total. The number of anilines is 2. The number of rotatable bonds is 6. The number of carbonyl (C=O) groups is 2. The summed E-state index contributed by atoms with van der Waals surface area (Å²) in [4.78, 5) is 25.2. The lowest BCUT2D eigenvalue weighted by molar-refractivity contribution is -0.134. The van der Waals surface area contributed by atoms with Gasteiger partial charge in [0.05, 0.1) is 10.6 Å². The van der Waals surface area contributed by atoms with Crippen LogP contribution in [-0.2, 0) is 9.59 Å². The van der Waals surface area contributed by atoms with Crippen molar-refractivity contribution in [3.8, 4) is 0 Å². The third-order valence-electron chi connectivity index (χ3n) is 3.96. The van der Waals surface area contributed by atoms with Crippen LogP contribution < -0.4 is 4.90 Å². The quantitative estimate of drug-likeness (QED) is 0.713. The number of hydrogen-bond acceptors (Lipinski definition) is 5. The Hall–Kier alpha value is -2.90. The van der Waals surface area contributed by atoms with Gasteiger partial charge in [0.25, 0.3) is 0 Å². The highest BCUT2D eigenvalue weighted by atomic mass is 32.1. The van der Waals surface area contributed by atoms with E-state index in [0.29, 0.717) is 12.2 Å². The average molecular weight is 401 g/mol. The Morgan fingerprint density at radius 2 is 1.71 bits per heavy atom. The van der Waals surface area contributed by atoms with Gasteiger partial charge < -0.3 is 20.0 Å². The van der Waals surface area contributed by atoms with Crippen molar-refractivity contribution in [3.63, 3.8) is 0 Å². The largest absolute Gasteiger partial charge is 0.478 e. The molecule has 0 bridgehead atoms. The highest BCUT2D eigenvalue weighted by Crippen LogP contribution is 2.38. The maximum Gasteiger partial charge on any atom is 0.328 e. The number of hydrogen-bond donors (Lipinski definition) is 2. The molecule has 7 heteroatoms. The van der Waals surface area contributed by atoms with Crippen molar-refractivity contribution in [3.05, 3.63) is 58.3 Å². The zero-order valence-corrected chi connectivity index (χ0v) is 16.7. The first kappa shape index (κ1) is 21.4. The lowest BCUT2D eigenvalue weighted by Gasteiger charge is -2.26. The highest BCUT2D eigenvalue weighted by molar-refractivity contribution is 7.11. The van der Waals surface area contributed by atoms with Crippen LogP contribution in [0.1, 0.15) is 16.9 Å². The number of aliphatic carboxylic acids is 2. The van der Waals surface area contributed by atoms with Crippen LogP contribution in [0, 0.1) is 0 Å². The van der Waals surface area contributed by atoms with Crippen molar-refractivity contribution < 1.29 is 19.8 Å². The maximum atomic E-state index is 9.55. The topological polar surface area (TPSA) is 81.1 Å². The predicted octanol–water partition coefficient (Wildman–Crippen LogP) is 4.03. The summed E-state index contributed by atoms with van der Waals surface area (Å²) in [7, 11) is 4.27. The van der Waals surface area contributed by atoms with Crippen LogP contribution in [0.15, 0.2) is 47.9 Å². The monoisotopic (exact) mass is 400 g/mol. The van der Waals surface area contributed by atoms with Crippen molar-refractivity contribution in [2.45, 2.75) is 6.42 Å². The van der Waals surface area contributed by atoms with Crippen LogP contribution in [0.4, 0.5) is 11.4 Å². The highest BCUT2D eigenvalue weighted by Gasteiger charge is 2.18. The molecular formula is C21H24N2O4S. The smallest absolute Gasteiger partial charge is 0.328 e. The van der Waals surface area contributed by atoms with E-state index < -0.39 is 11.9 Å². The summed E-state index contributed by atoms with van der Waals surface area (Å²) in [5.41, 5.74) is 3.97. The van der Waals surface area contributed by atoms with Crippen LogP contribution >= 0.6 is 11.3 Å². The lowest BCUT2D eigenvalue weighted by Crippen LogP contribution is -2.23. The van der Waals surface area contributed by atoms with E-state index in [-0.39, 0.29) is 0 Å². The molecule has 0 aliphatic carbocycles. The average Bonchev–Trinajstić information content (AvgIpc) is 3.05. The number of thiophene rings is 1. The van der Waals surface area contributed by atoms with E-state index in [4.69, 9.17) is 10.2 Å². The SMILES string of the molecule is CN(C)CCCN1c2ccccc2C=Cc2sccc21.O=C(O)/C=C/C(=O)O. The first-order valence-electron chi connectivity index (χ1n) is 8.79. The van der Waals surface area contributed by atoms with Gasteiger partial charge in [0.1, 0.15) is 0 Å². The molecule has 0 radical (unpaired) electrons. The fourth-order valence-corrected chi connectivity index (χ4v) is 3.55. The van der Waals surface area contributed by atoms with Gasteiger partial charge in [-0.3, -0.25) is 0 Å². The van der Waals surface area contributed by atoms with Gasteiger partial charge in [-0.15, -0.1) is 11.3 Å². The summed E-state index contributed by atoms with van der Waals surface area (Å²) in [5.74, 6) is -2.51. The van der Waals surface area contributed by atoms with Gasteiger partial charge in [0.2, 0.25) is 0 Å². The van der Waals surface area contributed by atoms with Gasteiger partial charge in [-0.05, 0) is 56.2 Å². The van der Waals surface area contributed by atoms with Crippen LogP contribution in [0.2, 0.25) is 0 Å². The molecule has 148 valence electrons. The number of carboxylic acid groups (broad SMARTS) is 2. The van der Waals surface area contributed by atoms with Crippen molar-refractivity contribution in [2.24, 2.45) is 0 Å². The molecule has 28 heavy (non-hydrogen) atoms. The molecular weight excluding hydrogens is 376 g/mol. The Labute approximate surface area is 168 Å². The summed E-state index contributed by atoms with van der Waals surface area (Å²) in [5, 5.41) is 17.8. The van der Waals surface area contributed by atoms with Crippen LogP contribution in [-0.4, -0.2) is 54.2 Å². The second kappa shape index (κ2) is 10.4. The molecule has 3 rings (SSSR count). The van der Waals surface area contributed by atoms with E-state index >= 15 is 0 Å². The molecule has 1 aliphatic rings. The van der Waals surface area contributed by atoms with Gasteiger partial charge in [0.15, 0.2) is 0 Å². The number of carboxylic acids is 2. The fourth-order valence-electron chi connectivity index (χ4n) is 2.76. The molecule has 0 saturated carbocycles. The van der Waals surface area contributed by atoms with Crippen molar-refractivity contribution in [1.29, 1.82) is 0 Å². The molecule has 6 nitrogen and oxygen atoms in total. The standard InChI is InChI=1S/C17H20N2S.C4H4O4/c1-18(2)11-5-12-19-15-7-4-3-6-14(15)8-9-17-16(19)10-13-20-17;5-3(6)1-2-4(7)8/h3-4,6-10,13H,5,11-12H2,1-2H3;1-2H,(H,5,6)(H,7,8)/b;2-1+. The van der Waals surface area contributed by atoms with Crippen molar-refractivity contribution in [1.82, 2.24) is 4.90 Å². The molecule has 0 amide bonds. The van der Waals surface area contributed by atoms with E-state index in [2.05, 4.69) is 71.8 Å². The van der Waals surface area contributed by atoms with E-state index in [9.17, 15) is 9.59 Å². The minimum atomic E-state index is -1.26. The Morgan fingerprint density at radius 3 is 2.36 bits per heavy atom. The van der Waals surface area contributed by atoms with E-state index in [0.717, 1.165) is 19.5 Å². The predicted molar refractivity (Wildman–Crippen MR) is 114 cm³/mol. The Morgan fingerprint density at radius 1 is 1.04 bits per heavy atom. The maximum absolute atomic E-state index is 9.55. The zero-order chi connectivity index (χ0) is 20.5. The summed E-state index contributed by atoms with van der Waals surface area (Å²) in [6.07, 6.45) is 6.75. The fraction of sp³-hybridized carbons (Fsp3) is 0.238. The minimum Gasteiger partial charge on any atom is -0.478 e. The first-order chi connectivity index (χ1) is 13.4. The van der Waals surface area contributed by atoms with E-state index in [1.165, 1.54) is 21.8 Å². The summed E-state index contributed by atoms with van der Waals surface area (Å²) in [6, 6.07) is 10.9. The molecule has 1 aliphatic heterocycles. The number of benzene rings is 1. The van der Waals surface area contributed by atoms with E-state index in [1.807, 2.05) is 11.3 Å². The molecule has 1 aromatic carbocycles. The number of fused-ring (bicyclic) bond motifs is 2. The Kier molecular flexibility index (Phi) is 7.98. The van der Waals surface area contributed by atoms with Crippen LogP contribution in [0.5, 0.6) is 0 Å². The Bertz CT molecular complexity index is 855. The van der Waals surface area contributed by atoms with E-state index in [1.54, 1.807) is 0 Å². The van der Waals surface area contributed by atoms with Crippen LogP contribution in [0.3, 0.4) is 0 Å². The van der Waals surface area contributed by atoms with Crippen LogP contribution in [0.25, 0.3) is 12.2 Å². The van der Waals surface area contributed by atoms with Gasteiger partial charge in [0, 0.05) is 24.4 Å². The normalized spacial score (nSPS) is 12.2.